The second kappa shape index (κ2) is 8.51. The summed E-state index contributed by atoms with van der Waals surface area (Å²) in [4.78, 5) is 4.12. The Bertz CT molecular complexity index is 876. The Hall–Kier alpha value is -1.81. The molecule has 0 amide bonds. The van der Waals surface area contributed by atoms with Gasteiger partial charge in [0.05, 0.1) is 18.2 Å². The first-order chi connectivity index (χ1) is 14.1. The molecule has 0 bridgehead atoms. The topological polar surface area (TPSA) is 83.0 Å². The van der Waals surface area contributed by atoms with Crippen LogP contribution in [-0.2, 0) is 11.6 Å². The van der Waals surface area contributed by atoms with Crippen LogP contribution in [0.3, 0.4) is 0 Å². The number of nitrogens with zero attached hydrogens (tertiary/aromatic N) is 3. The molecule has 4 rings (SSSR count). The highest BCUT2D eigenvalue weighted by Crippen LogP contribution is 2.62. The Morgan fingerprint density at radius 3 is 2.21 bits per heavy atom. The van der Waals surface area contributed by atoms with Crippen molar-refractivity contribution in [3.63, 3.8) is 0 Å². The summed E-state index contributed by atoms with van der Waals surface area (Å²) in [7, 11) is 0.949. The van der Waals surface area contributed by atoms with Crippen LogP contribution in [0.2, 0.25) is 0 Å². The molecule has 0 aliphatic heterocycles. The first kappa shape index (κ1) is 20.5. The second-order valence-electron chi connectivity index (χ2n) is 8.58. The Labute approximate surface area is 173 Å². The molecule has 2 aromatic heterocycles. The van der Waals surface area contributed by atoms with Crippen molar-refractivity contribution in [3.8, 4) is 17.0 Å². The molecular formula is C22H33N4O2P. The molecular weight excluding hydrogens is 383 g/mol. The van der Waals surface area contributed by atoms with Crippen LogP contribution >= 0.6 is 7.14 Å². The number of rotatable bonds is 5. The van der Waals surface area contributed by atoms with E-state index in [-0.39, 0.29) is 0 Å². The molecule has 0 radical (unpaired) electrons. The minimum atomic E-state index is -2.58. The van der Waals surface area contributed by atoms with Crippen LogP contribution in [0.15, 0.2) is 18.3 Å². The number of aromatic nitrogens is 3. The Morgan fingerprint density at radius 1 is 1.07 bits per heavy atom. The van der Waals surface area contributed by atoms with E-state index in [2.05, 4.69) is 4.98 Å². The third-order valence-electron chi connectivity index (χ3n) is 6.86. The van der Waals surface area contributed by atoms with Crippen LogP contribution in [-0.4, -0.2) is 33.2 Å². The fraction of sp³-hybridized carbons (Fsp3) is 0.636. The van der Waals surface area contributed by atoms with Gasteiger partial charge in [-0.2, -0.15) is 5.10 Å². The highest BCUT2D eigenvalue weighted by molar-refractivity contribution is 7.72. The van der Waals surface area contributed by atoms with Crippen molar-refractivity contribution in [2.75, 3.05) is 12.8 Å². The molecule has 6 nitrogen and oxygen atoms in total. The van der Waals surface area contributed by atoms with Gasteiger partial charge in [0.1, 0.15) is 7.14 Å². The molecule has 0 unspecified atom stereocenters. The standard InChI is InChI=1S/C22H33N4O2P/c1-26-20(15-19(25-26)18-13-14-24-22(23)21(18)28-2)29(27,16-9-5-3-6-10-16)17-11-7-4-8-12-17/h13-17H,3-12H2,1-2H3,(H2,23,24). The quantitative estimate of drug-likeness (QED) is 0.713. The van der Waals surface area contributed by atoms with Crippen molar-refractivity contribution >= 4 is 18.4 Å². The Kier molecular flexibility index (Phi) is 6.00. The van der Waals surface area contributed by atoms with Gasteiger partial charge in [0, 0.05) is 30.1 Å². The molecule has 0 spiro atoms. The molecule has 2 N–H and O–H groups in total. The summed E-state index contributed by atoms with van der Waals surface area (Å²) in [5.41, 5.74) is 9.11. The van der Waals surface area contributed by atoms with Gasteiger partial charge in [0.15, 0.2) is 11.6 Å². The zero-order chi connectivity index (χ0) is 20.4. The molecule has 2 fully saturated rings. The van der Waals surface area contributed by atoms with Gasteiger partial charge in [-0.1, -0.05) is 38.5 Å². The van der Waals surface area contributed by atoms with E-state index in [1.54, 1.807) is 13.3 Å². The number of pyridine rings is 1. The zero-order valence-corrected chi connectivity index (χ0v) is 18.5. The van der Waals surface area contributed by atoms with E-state index in [1.165, 1.54) is 38.5 Å². The van der Waals surface area contributed by atoms with Gasteiger partial charge in [-0.25, -0.2) is 4.98 Å². The molecule has 0 saturated heterocycles. The first-order valence-corrected chi connectivity index (χ1v) is 12.8. The van der Waals surface area contributed by atoms with Crippen molar-refractivity contribution in [1.82, 2.24) is 14.8 Å². The molecule has 29 heavy (non-hydrogen) atoms. The van der Waals surface area contributed by atoms with E-state index in [1.807, 2.05) is 23.9 Å². The fourth-order valence-electron chi connectivity index (χ4n) is 5.40. The summed E-state index contributed by atoms with van der Waals surface area (Å²) < 4.78 is 22.2. The lowest BCUT2D eigenvalue weighted by atomic mass is 9.99. The molecule has 0 atom stereocenters. The molecule has 2 saturated carbocycles. The van der Waals surface area contributed by atoms with E-state index < -0.39 is 7.14 Å². The van der Waals surface area contributed by atoms with Gasteiger partial charge in [0.2, 0.25) is 0 Å². The van der Waals surface area contributed by atoms with Crippen LogP contribution in [0.4, 0.5) is 5.82 Å². The number of ether oxygens (including phenoxy) is 1. The molecule has 158 valence electrons. The predicted octanol–water partition coefficient (Wildman–Crippen LogP) is 4.73. The zero-order valence-electron chi connectivity index (χ0n) is 17.6. The van der Waals surface area contributed by atoms with Crippen LogP contribution in [0.25, 0.3) is 11.3 Å². The van der Waals surface area contributed by atoms with Crippen LogP contribution in [0.5, 0.6) is 5.75 Å². The van der Waals surface area contributed by atoms with E-state index in [4.69, 9.17) is 15.6 Å². The van der Waals surface area contributed by atoms with Crippen LogP contribution < -0.4 is 15.9 Å². The van der Waals surface area contributed by atoms with Gasteiger partial charge < -0.3 is 15.0 Å². The second-order valence-corrected chi connectivity index (χ2v) is 11.9. The molecule has 2 aromatic rings. The lowest BCUT2D eigenvalue weighted by Crippen LogP contribution is -2.32. The largest absolute Gasteiger partial charge is 0.492 e. The maximum atomic E-state index is 14.9. The van der Waals surface area contributed by atoms with E-state index in [0.29, 0.717) is 22.9 Å². The van der Waals surface area contributed by atoms with E-state index >= 15 is 0 Å². The average molecular weight is 417 g/mol. The maximum absolute atomic E-state index is 14.9. The molecule has 2 aliphatic carbocycles. The third kappa shape index (κ3) is 3.72. The number of methoxy groups -OCH3 is 1. The molecule has 7 heteroatoms. The molecule has 2 aliphatic rings. The van der Waals surface area contributed by atoms with Crippen molar-refractivity contribution in [1.29, 1.82) is 0 Å². The Morgan fingerprint density at radius 2 is 1.66 bits per heavy atom. The summed E-state index contributed by atoms with van der Waals surface area (Å²) >= 11 is 0. The summed E-state index contributed by atoms with van der Waals surface area (Å²) in [6, 6.07) is 3.91. The summed E-state index contributed by atoms with van der Waals surface area (Å²) in [5, 5.41) is 4.77. The monoisotopic (exact) mass is 416 g/mol. The number of nitrogens with two attached hydrogens (primary N) is 1. The van der Waals surface area contributed by atoms with Crippen LogP contribution in [0, 0.1) is 0 Å². The van der Waals surface area contributed by atoms with Gasteiger partial charge >= 0.3 is 0 Å². The lowest BCUT2D eigenvalue weighted by Gasteiger charge is -2.38. The third-order valence-corrected chi connectivity index (χ3v) is 11.2. The Balaban J connectivity index is 1.80. The first-order valence-electron chi connectivity index (χ1n) is 11.0. The lowest BCUT2D eigenvalue weighted by molar-refractivity contribution is 0.417. The fourth-order valence-corrected chi connectivity index (χ4v) is 9.83. The van der Waals surface area contributed by atoms with Gasteiger partial charge in [-0.3, -0.25) is 4.68 Å². The molecule has 0 aromatic carbocycles. The summed E-state index contributed by atoms with van der Waals surface area (Å²) in [6.45, 7) is 0. The highest BCUT2D eigenvalue weighted by Gasteiger charge is 2.44. The number of hydrogen-bond donors (Lipinski definition) is 1. The van der Waals surface area contributed by atoms with Crippen LogP contribution in [0.1, 0.15) is 64.2 Å². The number of nitrogen functional groups attached to an aromatic ring is 1. The average Bonchev–Trinajstić information content (AvgIpc) is 3.16. The minimum Gasteiger partial charge on any atom is -0.492 e. The van der Waals surface area contributed by atoms with Gasteiger partial charge in [-0.05, 0) is 37.8 Å². The van der Waals surface area contributed by atoms with Crippen molar-refractivity contribution < 1.29 is 9.30 Å². The van der Waals surface area contributed by atoms with E-state index in [9.17, 15) is 4.57 Å². The SMILES string of the molecule is COc1c(-c2cc(P(=O)(C3CCCCC3)C3CCCCC3)n(C)n2)ccnc1N. The minimum absolute atomic E-state index is 0.298. The number of anilines is 1. The maximum Gasteiger partial charge on any atom is 0.170 e. The van der Waals surface area contributed by atoms with Crippen molar-refractivity contribution in [2.45, 2.75) is 75.5 Å². The summed E-state index contributed by atoms with van der Waals surface area (Å²) in [5.74, 6) is 0.877. The number of hydrogen-bond acceptors (Lipinski definition) is 5. The predicted molar refractivity (Wildman–Crippen MR) is 118 cm³/mol. The highest BCUT2D eigenvalue weighted by atomic mass is 31.2. The van der Waals surface area contributed by atoms with E-state index in [0.717, 1.165) is 42.4 Å². The van der Waals surface area contributed by atoms with Gasteiger partial charge in [0.25, 0.3) is 0 Å². The normalized spacial score (nSPS) is 19.4. The smallest absolute Gasteiger partial charge is 0.170 e. The number of aryl methyl sites for hydroxylation is 1. The van der Waals surface area contributed by atoms with Gasteiger partial charge in [-0.15, -0.1) is 0 Å². The summed E-state index contributed by atoms with van der Waals surface area (Å²) in [6.07, 6.45) is 13.3. The van der Waals surface area contributed by atoms with Crippen molar-refractivity contribution in [3.05, 3.63) is 18.3 Å². The molecule has 2 heterocycles. The van der Waals surface area contributed by atoms with Crippen molar-refractivity contribution in [2.24, 2.45) is 7.05 Å².